The number of ether oxygens (including phenoxy) is 1. The van der Waals surface area contributed by atoms with Gasteiger partial charge in [0.25, 0.3) is 0 Å². The quantitative estimate of drug-likeness (QED) is 0.162. The van der Waals surface area contributed by atoms with Gasteiger partial charge in [0.1, 0.15) is 18.6 Å². The maximum atomic E-state index is 14.4. The first-order valence-electron chi connectivity index (χ1n) is 10.9. The third-order valence-electron chi connectivity index (χ3n) is 5.73. The predicted molar refractivity (Wildman–Crippen MR) is 122 cm³/mol. The van der Waals surface area contributed by atoms with E-state index < -0.39 is 17.6 Å². The van der Waals surface area contributed by atoms with E-state index in [2.05, 4.69) is 25.3 Å². The van der Waals surface area contributed by atoms with E-state index in [4.69, 9.17) is 16.4 Å². The molecule has 0 saturated carbocycles. The highest BCUT2D eigenvalue weighted by Gasteiger charge is 2.33. The Bertz CT molecular complexity index is 1200. The molecule has 3 aromatic rings. The van der Waals surface area contributed by atoms with Crippen molar-refractivity contribution in [1.29, 1.82) is 0 Å². The summed E-state index contributed by atoms with van der Waals surface area (Å²) in [5, 5.41) is 13.1. The first-order chi connectivity index (χ1) is 17.2. The van der Waals surface area contributed by atoms with Crippen molar-refractivity contribution < 1.29 is 22.3 Å². The number of halogens is 4. The molecule has 4 rings (SSSR count). The van der Waals surface area contributed by atoms with Crippen LogP contribution in [0, 0.1) is 5.82 Å². The molecule has 11 nitrogen and oxygen atoms in total. The number of nitrogens with two attached hydrogens (primary N) is 2. The number of piperidine rings is 1. The van der Waals surface area contributed by atoms with Crippen LogP contribution >= 0.6 is 0 Å². The molecule has 36 heavy (non-hydrogen) atoms. The number of alkyl halides is 3. The summed E-state index contributed by atoms with van der Waals surface area (Å²) in [4.78, 5) is 11.2. The summed E-state index contributed by atoms with van der Waals surface area (Å²) in [6, 6.07) is 4.08. The molecule has 0 spiro atoms. The number of nitrogens with zero attached hydrogens (tertiary/aromatic N) is 8. The van der Waals surface area contributed by atoms with Gasteiger partial charge in [-0.15, -0.1) is 0 Å². The number of hydrogen-bond acceptors (Lipinski definition) is 9. The van der Waals surface area contributed by atoms with E-state index in [-0.39, 0.29) is 30.4 Å². The standard InChI is InChI=1S/C21H24F4N10O/c1-13-6-17(4-5-33(13)20-28-8-14(9-29-20)21(23,24)25)35-31-10-15(32-35)11-36-19-3-2-16(7-18(19)22)34(27)12-30-26/h2-3,7-10,12-13,17H,4-6,11,26-27H2,1H3/b30-12-. The number of rotatable bonds is 7. The second kappa shape index (κ2) is 10.3. The number of anilines is 2. The molecule has 2 atom stereocenters. The van der Waals surface area contributed by atoms with Gasteiger partial charge in [-0.05, 0) is 31.9 Å². The lowest BCUT2D eigenvalue weighted by molar-refractivity contribution is -0.138. The fraction of sp³-hybridized carbons (Fsp3) is 0.381. The second-order valence-electron chi connectivity index (χ2n) is 8.22. The number of hydrazone groups is 1. The molecule has 0 aliphatic carbocycles. The molecule has 1 saturated heterocycles. The minimum atomic E-state index is -4.48. The van der Waals surface area contributed by atoms with Crippen molar-refractivity contribution in [1.82, 2.24) is 25.0 Å². The van der Waals surface area contributed by atoms with Crippen LogP contribution < -0.4 is 26.3 Å². The number of hydrogen-bond donors (Lipinski definition) is 2. The third-order valence-corrected chi connectivity index (χ3v) is 5.73. The van der Waals surface area contributed by atoms with E-state index >= 15 is 0 Å². The van der Waals surface area contributed by atoms with Crippen LogP contribution in [-0.2, 0) is 12.8 Å². The van der Waals surface area contributed by atoms with E-state index in [1.165, 1.54) is 12.1 Å². The van der Waals surface area contributed by atoms with E-state index in [9.17, 15) is 17.6 Å². The Morgan fingerprint density at radius 2 is 2.00 bits per heavy atom. The summed E-state index contributed by atoms with van der Waals surface area (Å²) >= 11 is 0. The molecule has 0 amide bonds. The summed E-state index contributed by atoms with van der Waals surface area (Å²) in [5.74, 6) is 10.3. The zero-order valence-electron chi connectivity index (χ0n) is 19.2. The fourth-order valence-corrected chi connectivity index (χ4v) is 3.88. The molecule has 1 fully saturated rings. The van der Waals surface area contributed by atoms with Gasteiger partial charge in [0, 0.05) is 31.0 Å². The monoisotopic (exact) mass is 508 g/mol. The van der Waals surface area contributed by atoms with Crippen molar-refractivity contribution in [2.24, 2.45) is 16.8 Å². The lowest BCUT2D eigenvalue weighted by atomic mass is 9.99. The average molecular weight is 508 g/mol. The highest BCUT2D eigenvalue weighted by atomic mass is 19.4. The fourth-order valence-electron chi connectivity index (χ4n) is 3.88. The molecule has 3 heterocycles. The first-order valence-corrected chi connectivity index (χ1v) is 10.9. The number of benzene rings is 1. The summed E-state index contributed by atoms with van der Waals surface area (Å²) < 4.78 is 58.2. The van der Waals surface area contributed by atoms with Gasteiger partial charge < -0.3 is 15.5 Å². The Balaban J connectivity index is 1.34. The largest absolute Gasteiger partial charge is 0.484 e. The van der Waals surface area contributed by atoms with Gasteiger partial charge in [-0.25, -0.2) is 20.2 Å². The molecule has 2 aromatic heterocycles. The average Bonchev–Trinajstić information content (AvgIpc) is 3.32. The molecular formula is C21H24F4N10O. The summed E-state index contributed by atoms with van der Waals surface area (Å²) in [6.45, 7) is 2.46. The zero-order chi connectivity index (χ0) is 25.9. The van der Waals surface area contributed by atoms with Crippen LogP contribution in [0.2, 0.25) is 0 Å². The number of hydrazine groups is 1. The summed E-state index contributed by atoms with van der Waals surface area (Å²) in [5.41, 5.74) is -0.0417. The Kier molecular flexibility index (Phi) is 7.19. The highest BCUT2D eigenvalue weighted by Crippen LogP contribution is 2.31. The van der Waals surface area contributed by atoms with Gasteiger partial charge in [0.15, 0.2) is 11.6 Å². The first kappa shape index (κ1) is 25.1. The van der Waals surface area contributed by atoms with E-state index in [1.54, 1.807) is 17.1 Å². The normalized spacial score (nSPS) is 18.6. The van der Waals surface area contributed by atoms with Gasteiger partial charge in [-0.1, -0.05) is 0 Å². The van der Waals surface area contributed by atoms with Crippen LogP contribution in [0.3, 0.4) is 0 Å². The van der Waals surface area contributed by atoms with Crippen molar-refractivity contribution in [3.8, 4) is 5.75 Å². The molecule has 1 aromatic carbocycles. The van der Waals surface area contributed by atoms with Crippen LogP contribution in [-0.4, -0.2) is 43.9 Å². The molecule has 15 heteroatoms. The van der Waals surface area contributed by atoms with Gasteiger partial charge in [-0.2, -0.15) is 33.3 Å². The van der Waals surface area contributed by atoms with Gasteiger partial charge in [0.2, 0.25) is 5.95 Å². The van der Waals surface area contributed by atoms with E-state index in [0.29, 0.717) is 30.8 Å². The smallest absolute Gasteiger partial charge is 0.419 e. The van der Waals surface area contributed by atoms with Crippen molar-refractivity contribution in [3.05, 3.63) is 53.9 Å². The minimum absolute atomic E-state index is 0.000652. The minimum Gasteiger partial charge on any atom is -0.484 e. The van der Waals surface area contributed by atoms with Gasteiger partial charge >= 0.3 is 6.18 Å². The molecule has 1 aliphatic rings. The zero-order valence-corrected chi connectivity index (χ0v) is 19.2. The lowest BCUT2D eigenvalue weighted by Gasteiger charge is -2.37. The Labute approximate surface area is 203 Å². The lowest BCUT2D eigenvalue weighted by Crippen LogP contribution is -2.42. The van der Waals surface area contributed by atoms with Crippen LogP contribution in [0.4, 0.5) is 29.2 Å². The molecular weight excluding hydrogens is 484 g/mol. The maximum absolute atomic E-state index is 14.4. The summed E-state index contributed by atoms with van der Waals surface area (Å²) in [6.07, 6.45) is 1.05. The topological polar surface area (TPSA) is 137 Å². The number of aromatic nitrogens is 5. The van der Waals surface area contributed by atoms with E-state index in [0.717, 1.165) is 23.7 Å². The molecule has 0 bridgehead atoms. The molecule has 4 N–H and O–H groups in total. The van der Waals surface area contributed by atoms with Gasteiger partial charge in [-0.3, -0.25) is 5.01 Å². The Hall–Kier alpha value is -4.01. The Morgan fingerprint density at radius 1 is 1.25 bits per heavy atom. The molecule has 2 unspecified atom stereocenters. The van der Waals surface area contributed by atoms with Gasteiger partial charge in [0.05, 0.1) is 23.5 Å². The maximum Gasteiger partial charge on any atom is 0.419 e. The third kappa shape index (κ3) is 5.62. The van der Waals surface area contributed by atoms with Crippen molar-refractivity contribution in [3.63, 3.8) is 0 Å². The molecule has 0 radical (unpaired) electrons. The predicted octanol–water partition coefficient (Wildman–Crippen LogP) is 2.62. The van der Waals surface area contributed by atoms with E-state index in [1.807, 2.05) is 11.8 Å². The molecule has 192 valence electrons. The van der Waals surface area contributed by atoms with Crippen LogP contribution in [0.1, 0.15) is 37.1 Å². The SMILES string of the molecule is CC1CC(n2ncc(COc3ccc(N(N)/C=N\N)cc3F)n2)CCN1c1ncc(C(F)(F)F)cn1. The highest BCUT2D eigenvalue weighted by molar-refractivity contribution is 5.77. The van der Waals surface area contributed by atoms with Crippen molar-refractivity contribution in [2.45, 2.75) is 44.6 Å². The Morgan fingerprint density at radius 3 is 2.64 bits per heavy atom. The van der Waals surface area contributed by atoms with Crippen molar-refractivity contribution in [2.75, 3.05) is 16.5 Å². The summed E-state index contributed by atoms with van der Waals surface area (Å²) in [7, 11) is 0. The van der Waals surface area contributed by atoms with Crippen LogP contribution in [0.15, 0.2) is 41.9 Å². The van der Waals surface area contributed by atoms with Crippen molar-refractivity contribution >= 4 is 18.0 Å². The van der Waals surface area contributed by atoms with Crippen LogP contribution in [0.25, 0.3) is 0 Å². The molecule has 1 aliphatic heterocycles. The second-order valence-corrected chi connectivity index (χ2v) is 8.22. The van der Waals surface area contributed by atoms with Crippen LogP contribution in [0.5, 0.6) is 5.75 Å².